The van der Waals surface area contributed by atoms with E-state index in [1.807, 2.05) is 0 Å². The van der Waals surface area contributed by atoms with Crippen LogP contribution in [0.15, 0.2) is 0 Å². The van der Waals surface area contributed by atoms with E-state index >= 15 is 0 Å². The van der Waals surface area contributed by atoms with Crippen LogP contribution in [0.2, 0.25) is 0 Å². The van der Waals surface area contributed by atoms with Crippen molar-refractivity contribution in [3.8, 4) is 0 Å². The number of hydrogen-bond acceptors (Lipinski definition) is 2. The predicted octanol–water partition coefficient (Wildman–Crippen LogP) is 2.33. The fourth-order valence-corrected chi connectivity index (χ4v) is 1.32. The molecule has 2 heteroatoms. The second-order valence-electron chi connectivity index (χ2n) is 3.06. The van der Waals surface area contributed by atoms with E-state index in [1.54, 1.807) is 0 Å². The highest BCUT2D eigenvalue weighted by Crippen LogP contribution is 2.15. The largest absolute Gasteiger partial charge is 0.355 e. The molecule has 0 spiro atoms. The van der Waals surface area contributed by atoms with E-state index in [2.05, 4.69) is 0 Å². The molecule has 0 N–H and O–H groups in total. The molecule has 1 aliphatic carbocycles. The topological polar surface area (TPSA) is 18.5 Å². The fraction of sp³-hybridized carbons (Fsp3) is 1.00. The number of ether oxygens (including phenoxy) is 2. The van der Waals surface area contributed by atoms with Crippen molar-refractivity contribution < 1.29 is 9.47 Å². The van der Waals surface area contributed by atoms with Crippen LogP contribution in [0.5, 0.6) is 0 Å². The van der Waals surface area contributed by atoms with Crippen molar-refractivity contribution in [2.24, 2.45) is 0 Å². The second-order valence-corrected chi connectivity index (χ2v) is 3.06. The molecule has 0 atom stereocenters. The Hall–Kier alpha value is -0.0800. The molecule has 0 aromatic carbocycles. The van der Waals surface area contributed by atoms with E-state index in [9.17, 15) is 0 Å². The first-order chi connectivity index (χ1) is 5.50. The van der Waals surface area contributed by atoms with Gasteiger partial charge in [0.25, 0.3) is 0 Å². The Balaban J connectivity index is 0.000000112. The van der Waals surface area contributed by atoms with E-state index in [1.165, 1.54) is 32.1 Å². The molecule has 2 fully saturated rings. The average molecular weight is 158 g/mol. The Labute approximate surface area is 68.9 Å². The van der Waals surface area contributed by atoms with Crippen molar-refractivity contribution in [2.75, 3.05) is 20.0 Å². The maximum atomic E-state index is 4.85. The SMILES string of the molecule is C1CCCC1.C1COCOC1. The molecule has 0 amide bonds. The maximum absolute atomic E-state index is 4.85. The zero-order valence-corrected chi connectivity index (χ0v) is 7.18. The fourth-order valence-electron chi connectivity index (χ4n) is 1.32. The lowest BCUT2D eigenvalue weighted by Gasteiger charge is -2.09. The van der Waals surface area contributed by atoms with Crippen LogP contribution < -0.4 is 0 Å². The molecular weight excluding hydrogens is 140 g/mol. The molecule has 2 nitrogen and oxygen atoms in total. The lowest BCUT2D eigenvalue weighted by atomic mass is 10.4. The van der Waals surface area contributed by atoms with Gasteiger partial charge >= 0.3 is 0 Å². The van der Waals surface area contributed by atoms with Gasteiger partial charge in [-0.25, -0.2) is 0 Å². The van der Waals surface area contributed by atoms with Crippen molar-refractivity contribution in [2.45, 2.75) is 38.5 Å². The molecule has 66 valence electrons. The molecule has 1 heterocycles. The van der Waals surface area contributed by atoms with Gasteiger partial charge in [-0.05, 0) is 6.42 Å². The minimum absolute atomic E-state index is 0.500. The van der Waals surface area contributed by atoms with Gasteiger partial charge in [0.1, 0.15) is 6.79 Å². The van der Waals surface area contributed by atoms with Crippen LogP contribution in [0.25, 0.3) is 0 Å². The van der Waals surface area contributed by atoms with Gasteiger partial charge in [0, 0.05) is 0 Å². The van der Waals surface area contributed by atoms with Gasteiger partial charge in [0.15, 0.2) is 0 Å². The van der Waals surface area contributed by atoms with Crippen molar-refractivity contribution in [3.63, 3.8) is 0 Å². The quantitative estimate of drug-likeness (QED) is 0.538. The molecule has 0 radical (unpaired) electrons. The van der Waals surface area contributed by atoms with Gasteiger partial charge in [-0.15, -0.1) is 0 Å². The van der Waals surface area contributed by atoms with E-state index in [-0.39, 0.29) is 0 Å². The Morgan fingerprint density at radius 1 is 0.545 bits per heavy atom. The molecule has 2 rings (SSSR count). The van der Waals surface area contributed by atoms with E-state index in [0.29, 0.717) is 6.79 Å². The molecule has 11 heavy (non-hydrogen) atoms. The first-order valence-corrected chi connectivity index (χ1v) is 4.65. The minimum atomic E-state index is 0.500. The molecule has 0 aromatic heterocycles. The van der Waals surface area contributed by atoms with Crippen LogP contribution in [0.1, 0.15) is 38.5 Å². The monoisotopic (exact) mass is 158 g/mol. The van der Waals surface area contributed by atoms with Gasteiger partial charge < -0.3 is 9.47 Å². The minimum Gasteiger partial charge on any atom is -0.355 e. The second kappa shape index (κ2) is 6.62. The molecule has 0 aromatic rings. The summed E-state index contributed by atoms with van der Waals surface area (Å²) in [5, 5.41) is 0. The first kappa shape index (κ1) is 9.01. The smallest absolute Gasteiger partial charge is 0.146 e. The summed E-state index contributed by atoms with van der Waals surface area (Å²) in [4.78, 5) is 0. The predicted molar refractivity (Wildman–Crippen MR) is 44.5 cm³/mol. The molecule has 2 aliphatic rings. The molecular formula is C9H18O2. The van der Waals surface area contributed by atoms with Crippen LogP contribution in [-0.2, 0) is 9.47 Å². The van der Waals surface area contributed by atoms with Crippen molar-refractivity contribution in [1.82, 2.24) is 0 Å². The summed E-state index contributed by atoms with van der Waals surface area (Å²) < 4.78 is 9.69. The van der Waals surface area contributed by atoms with Crippen molar-refractivity contribution >= 4 is 0 Å². The van der Waals surface area contributed by atoms with Gasteiger partial charge in [-0.3, -0.25) is 0 Å². The van der Waals surface area contributed by atoms with Gasteiger partial charge in [0.05, 0.1) is 13.2 Å². The maximum Gasteiger partial charge on any atom is 0.146 e. The highest BCUT2D eigenvalue weighted by Gasteiger charge is 1.95. The molecule has 1 saturated carbocycles. The van der Waals surface area contributed by atoms with Crippen LogP contribution in [0.3, 0.4) is 0 Å². The molecule has 0 unspecified atom stereocenters. The van der Waals surface area contributed by atoms with Gasteiger partial charge in [-0.2, -0.15) is 0 Å². The summed E-state index contributed by atoms with van der Waals surface area (Å²) in [6.07, 6.45) is 8.56. The van der Waals surface area contributed by atoms with Crippen molar-refractivity contribution in [1.29, 1.82) is 0 Å². The molecule has 0 bridgehead atoms. The van der Waals surface area contributed by atoms with E-state index in [0.717, 1.165) is 19.6 Å². The average Bonchev–Trinajstić information content (AvgIpc) is 2.64. The summed E-state index contributed by atoms with van der Waals surface area (Å²) in [6.45, 7) is 2.25. The van der Waals surface area contributed by atoms with E-state index in [4.69, 9.17) is 9.47 Å². The summed E-state index contributed by atoms with van der Waals surface area (Å²) in [7, 11) is 0. The third kappa shape index (κ3) is 5.22. The van der Waals surface area contributed by atoms with E-state index < -0.39 is 0 Å². The summed E-state index contributed by atoms with van der Waals surface area (Å²) in [5.74, 6) is 0. The number of hydrogen-bond donors (Lipinski definition) is 0. The Kier molecular flexibility index (Phi) is 5.42. The standard InChI is InChI=1S/C5H10.C4H8O2/c1-2-4-5-3-1;1-2-5-4-6-3-1/h1-5H2;1-4H2. The summed E-state index contributed by atoms with van der Waals surface area (Å²) in [6, 6.07) is 0. The molecule has 1 saturated heterocycles. The van der Waals surface area contributed by atoms with Crippen molar-refractivity contribution in [3.05, 3.63) is 0 Å². The zero-order valence-electron chi connectivity index (χ0n) is 7.18. The highest BCUT2D eigenvalue weighted by molar-refractivity contribution is 4.51. The lowest BCUT2D eigenvalue weighted by molar-refractivity contribution is -0.0963. The summed E-state index contributed by atoms with van der Waals surface area (Å²) in [5.41, 5.74) is 0. The van der Waals surface area contributed by atoms with Gasteiger partial charge in [-0.1, -0.05) is 32.1 Å². The highest BCUT2D eigenvalue weighted by atomic mass is 16.7. The Morgan fingerprint density at radius 2 is 1.00 bits per heavy atom. The Bertz CT molecular complexity index is 56.5. The first-order valence-electron chi connectivity index (χ1n) is 4.65. The zero-order chi connectivity index (χ0) is 7.78. The van der Waals surface area contributed by atoms with Crippen LogP contribution in [0.4, 0.5) is 0 Å². The third-order valence-corrected chi connectivity index (χ3v) is 1.99. The number of rotatable bonds is 0. The van der Waals surface area contributed by atoms with Gasteiger partial charge in [0.2, 0.25) is 0 Å². The van der Waals surface area contributed by atoms with Crippen LogP contribution >= 0.6 is 0 Å². The Morgan fingerprint density at radius 3 is 1.18 bits per heavy atom. The van der Waals surface area contributed by atoms with Crippen LogP contribution in [0, 0.1) is 0 Å². The summed E-state index contributed by atoms with van der Waals surface area (Å²) >= 11 is 0. The lowest BCUT2D eigenvalue weighted by Crippen LogP contribution is -2.11. The van der Waals surface area contributed by atoms with Crippen LogP contribution in [-0.4, -0.2) is 20.0 Å². The normalized spacial score (nSPS) is 24.0. The third-order valence-electron chi connectivity index (χ3n) is 1.99. The molecule has 1 aliphatic heterocycles.